The third kappa shape index (κ3) is 3.28. The van der Waals surface area contributed by atoms with Gasteiger partial charge in [-0.1, -0.05) is 12.8 Å². The van der Waals surface area contributed by atoms with Gasteiger partial charge in [0.15, 0.2) is 0 Å². The van der Waals surface area contributed by atoms with Crippen molar-refractivity contribution in [2.45, 2.75) is 38.3 Å². The lowest BCUT2D eigenvalue weighted by Gasteiger charge is -2.31. The van der Waals surface area contributed by atoms with E-state index in [9.17, 15) is 5.11 Å². The van der Waals surface area contributed by atoms with Crippen LogP contribution >= 0.6 is 0 Å². The molecule has 0 saturated heterocycles. The summed E-state index contributed by atoms with van der Waals surface area (Å²) in [6.45, 7) is 0.996. The van der Waals surface area contributed by atoms with Crippen molar-refractivity contribution in [2.75, 3.05) is 6.61 Å². The van der Waals surface area contributed by atoms with Crippen LogP contribution in [0.5, 0.6) is 0 Å². The van der Waals surface area contributed by atoms with Crippen LogP contribution in [0, 0.1) is 17.2 Å². The molecule has 2 rings (SSSR count). The molecule has 2 atom stereocenters. The predicted octanol–water partition coefficient (Wildman–Crippen LogP) is 1.59. The van der Waals surface area contributed by atoms with Crippen molar-refractivity contribution < 1.29 is 5.11 Å². The highest BCUT2D eigenvalue weighted by Gasteiger charge is 2.23. The van der Waals surface area contributed by atoms with Crippen molar-refractivity contribution in [2.24, 2.45) is 5.92 Å². The zero-order valence-electron chi connectivity index (χ0n) is 10.5. The smallest absolute Gasteiger partial charge is 0.140 e. The first-order valence-electron chi connectivity index (χ1n) is 6.52. The third-order valence-electron chi connectivity index (χ3n) is 3.65. The number of nitrogens with one attached hydrogen (secondary N) is 1. The van der Waals surface area contributed by atoms with E-state index in [0.29, 0.717) is 17.7 Å². The molecule has 1 heterocycles. The summed E-state index contributed by atoms with van der Waals surface area (Å²) in [5.41, 5.74) is 1.53. The molecular formula is C14H19N3O. The first-order chi connectivity index (χ1) is 8.83. The van der Waals surface area contributed by atoms with E-state index < -0.39 is 0 Å². The number of rotatable bonds is 4. The summed E-state index contributed by atoms with van der Waals surface area (Å²) in [4.78, 5) is 3.95. The fourth-order valence-corrected chi connectivity index (χ4v) is 2.59. The minimum atomic E-state index is 0.261. The topological polar surface area (TPSA) is 68.9 Å². The Kier molecular flexibility index (Phi) is 4.68. The monoisotopic (exact) mass is 245 g/mol. The Morgan fingerprint density at radius 3 is 3.06 bits per heavy atom. The molecule has 0 spiro atoms. The standard InChI is InChI=1S/C14H19N3O/c15-8-13-7-11(5-6-16-13)9-17-14-4-2-1-3-12(14)10-18/h5-7,12,14,17-18H,1-4,9-10H2. The normalized spacial score (nSPS) is 23.6. The summed E-state index contributed by atoms with van der Waals surface area (Å²) in [7, 11) is 0. The zero-order chi connectivity index (χ0) is 12.8. The van der Waals surface area contributed by atoms with Gasteiger partial charge < -0.3 is 10.4 Å². The molecule has 0 aliphatic heterocycles. The van der Waals surface area contributed by atoms with Gasteiger partial charge in [-0.25, -0.2) is 4.98 Å². The SMILES string of the molecule is N#Cc1cc(CNC2CCCCC2CO)ccn1. The highest BCUT2D eigenvalue weighted by atomic mass is 16.3. The van der Waals surface area contributed by atoms with Gasteiger partial charge in [-0.2, -0.15) is 5.26 Å². The van der Waals surface area contributed by atoms with Crippen LogP contribution in [0.2, 0.25) is 0 Å². The molecule has 2 unspecified atom stereocenters. The lowest BCUT2D eigenvalue weighted by Crippen LogP contribution is -2.39. The Morgan fingerprint density at radius 1 is 1.44 bits per heavy atom. The number of nitriles is 1. The molecule has 0 bridgehead atoms. The van der Waals surface area contributed by atoms with Crippen LogP contribution in [0.1, 0.15) is 36.9 Å². The molecule has 4 nitrogen and oxygen atoms in total. The summed E-state index contributed by atoms with van der Waals surface area (Å²) in [5.74, 6) is 0.371. The molecule has 0 amide bonds. The van der Waals surface area contributed by atoms with Gasteiger partial charge in [-0.15, -0.1) is 0 Å². The summed E-state index contributed by atoms with van der Waals surface area (Å²) in [6.07, 6.45) is 6.35. The second-order valence-electron chi connectivity index (χ2n) is 4.88. The molecule has 1 aromatic heterocycles. The number of aliphatic hydroxyl groups is 1. The Morgan fingerprint density at radius 2 is 2.28 bits per heavy atom. The maximum Gasteiger partial charge on any atom is 0.140 e. The fourth-order valence-electron chi connectivity index (χ4n) is 2.59. The third-order valence-corrected chi connectivity index (χ3v) is 3.65. The largest absolute Gasteiger partial charge is 0.396 e. The second-order valence-corrected chi connectivity index (χ2v) is 4.88. The Labute approximate surface area is 108 Å². The molecule has 0 radical (unpaired) electrons. The highest BCUT2D eigenvalue weighted by Crippen LogP contribution is 2.24. The van der Waals surface area contributed by atoms with Gasteiger partial charge in [-0.3, -0.25) is 0 Å². The summed E-state index contributed by atoms with van der Waals surface area (Å²) < 4.78 is 0. The first kappa shape index (κ1) is 13.0. The fraction of sp³-hybridized carbons (Fsp3) is 0.571. The molecule has 1 aromatic rings. The minimum absolute atomic E-state index is 0.261. The van der Waals surface area contributed by atoms with Crippen LogP contribution in [0.15, 0.2) is 18.3 Å². The Hall–Kier alpha value is -1.44. The average molecular weight is 245 g/mol. The maximum atomic E-state index is 9.35. The van der Waals surface area contributed by atoms with Gasteiger partial charge in [0, 0.05) is 25.4 Å². The Balaban J connectivity index is 1.91. The highest BCUT2D eigenvalue weighted by molar-refractivity contribution is 5.25. The zero-order valence-corrected chi connectivity index (χ0v) is 10.5. The van der Waals surface area contributed by atoms with Crippen LogP contribution in [-0.4, -0.2) is 22.7 Å². The number of pyridine rings is 1. The van der Waals surface area contributed by atoms with Crippen LogP contribution in [-0.2, 0) is 6.54 Å². The van der Waals surface area contributed by atoms with Gasteiger partial charge >= 0.3 is 0 Å². The van der Waals surface area contributed by atoms with Crippen LogP contribution in [0.4, 0.5) is 0 Å². The molecule has 2 N–H and O–H groups in total. The van der Waals surface area contributed by atoms with Crippen LogP contribution in [0.3, 0.4) is 0 Å². The van der Waals surface area contributed by atoms with E-state index in [1.807, 2.05) is 18.2 Å². The molecule has 1 fully saturated rings. The van der Waals surface area contributed by atoms with Crippen molar-refractivity contribution in [1.29, 1.82) is 5.26 Å². The van der Waals surface area contributed by atoms with Gasteiger partial charge in [-0.05, 0) is 36.5 Å². The molecule has 1 aliphatic carbocycles. The van der Waals surface area contributed by atoms with Gasteiger partial charge in [0.2, 0.25) is 0 Å². The maximum absolute atomic E-state index is 9.35. The van der Waals surface area contributed by atoms with Crippen LogP contribution in [0.25, 0.3) is 0 Å². The van der Waals surface area contributed by atoms with E-state index in [1.54, 1.807) is 6.20 Å². The summed E-state index contributed by atoms with van der Waals surface area (Å²) >= 11 is 0. The number of hydrogen-bond donors (Lipinski definition) is 2. The van der Waals surface area contributed by atoms with Gasteiger partial charge in [0.05, 0.1) is 0 Å². The van der Waals surface area contributed by atoms with Crippen molar-refractivity contribution in [3.63, 3.8) is 0 Å². The minimum Gasteiger partial charge on any atom is -0.396 e. The molecule has 4 heteroatoms. The molecular weight excluding hydrogens is 226 g/mol. The van der Waals surface area contributed by atoms with Gasteiger partial charge in [0.25, 0.3) is 0 Å². The second kappa shape index (κ2) is 6.48. The van der Waals surface area contributed by atoms with E-state index in [-0.39, 0.29) is 6.61 Å². The number of aromatic nitrogens is 1. The summed E-state index contributed by atoms with van der Waals surface area (Å²) in [6, 6.07) is 6.17. The number of aliphatic hydroxyl groups excluding tert-OH is 1. The summed E-state index contributed by atoms with van der Waals surface area (Å²) in [5, 5.41) is 21.6. The van der Waals surface area contributed by atoms with Crippen LogP contribution < -0.4 is 5.32 Å². The average Bonchev–Trinajstić information content (AvgIpc) is 2.45. The van der Waals surface area contributed by atoms with E-state index in [4.69, 9.17) is 5.26 Å². The van der Waals surface area contributed by atoms with Crippen molar-refractivity contribution in [3.8, 4) is 6.07 Å². The predicted molar refractivity (Wildman–Crippen MR) is 68.6 cm³/mol. The van der Waals surface area contributed by atoms with E-state index in [1.165, 1.54) is 12.8 Å². The van der Waals surface area contributed by atoms with Crippen molar-refractivity contribution in [1.82, 2.24) is 10.3 Å². The number of nitrogens with zero attached hydrogens (tertiary/aromatic N) is 2. The van der Waals surface area contributed by atoms with E-state index in [2.05, 4.69) is 10.3 Å². The molecule has 1 aliphatic rings. The molecule has 96 valence electrons. The lowest BCUT2D eigenvalue weighted by molar-refractivity contribution is 0.152. The molecule has 0 aromatic carbocycles. The van der Waals surface area contributed by atoms with E-state index in [0.717, 1.165) is 24.9 Å². The number of hydrogen-bond acceptors (Lipinski definition) is 4. The van der Waals surface area contributed by atoms with E-state index >= 15 is 0 Å². The van der Waals surface area contributed by atoms with Crippen molar-refractivity contribution in [3.05, 3.63) is 29.6 Å². The first-order valence-corrected chi connectivity index (χ1v) is 6.52. The van der Waals surface area contributed by atoms with Gasteiger partial charge in [0.1, 0.15) is 11.8 Å². The molecule has 1 saturated carbocycles. The quantitative estimate of drug-likeness (QED) is 0.845. The lowest BCUT2D eigenvalue weighted by atomic mass is 9.85. The Bertz CT molecular complexity index is 427. The van der Waals surface area contributed by atoms with Crippen molar-refractivity contribution >= 4 is 0 Å². The molecule has 18 heavy (non-hydrogen) atoms.